The highest BCUT2D eigenvalue weighted by Gasteiger charge is 2.18. The number of hydrogen-bond acceptors (Lipinski definition) is 3. The molecule has 5 nitrogen and oxygen atoms in total. The summed E-state index contributed by atoms with van der Waals surface area (Å²) in [4.78, 5) is 21.2. The molecule has 17 heavy (non-hydrogen) atoms. The summed E-state index contributed by atoms with van der Waals surface area (Å²) in [5, 5.41) is 16.4. The van der Waals surface area contributed by atoms with Gasteiger partial charge in [-0.15, -0.1) is 0 Å². The molecule has 0 spiro atoms. The second kappa shape index (κ2) is 5.58. The van der Waals surface area contributed by atoms with Crippen LogP contribution >= 0.6 is 0 Å². The lowest BCUT2D eigenvalue weighted by Crippen LogP contribution is -2.22. The van der Waals surface area contributed by atoms with Gasteiger partial charge in [-0.3, -0.25) is 9.00 Å². The summed E-state index contributed by atoms with van der Waals surface area (Å²) in [5.41, 5.74) is 0.798. The first-order chi connectivity index (χ1) is 7.91. The third-order valence-corrected chi connectivity index (χ3v) is 3.86. The van der Waals surface area contributed by atoms with Gasteiger partial charge in [0.1, 0.15) is 5.25 Å². The summed E-state index contributed by atoms with van der Waals surface area (Å²) in [6, 6.07) is 5.88. The van der Waals surface area contributed by atoms with Gasteiger partial charge in [0, 0.05) is 16.6 Å². The average molecular weight is 256 g/mol. The first-order valence-electron chi connectivity index (χ1n) is 4.84. The Labute approximate surface area is 101 Å². The Balaban J connectivity index is 2.73. The minimum absolute atomic E-state index is 0.105. The van der Waals surface area contributed by atoms with Crippen molar-refractivity contribution in [3.63, 3.8) is 0 Å². The number of carboxylic acids is 2. The normalized spacial score (nSPS) is 13.9. The zero-order chi connectivity index (χ0) is 13.0. The molecule has 1 aromatic carbocycles. The van der Waals surface area contributed by atoms with Crippen molar-refractivity contribution < 1.29 is 24.0 Å². The molecule has 0 aliphatic rings. The van der Waals surface area contributed by atoms with Gasteiger partial charge in [-0.05, 0) is 24.6 Å². The highest BCUT2D eigenvalue weighted by atomic mass is 32.2. The van der Waals surface area contributed by atoms with E-state index in [2.05, 4.69) is 0 Å². The molecule has 0 saturated carbocycles. The van der Waals surface area contributed by atoms with E-state index in [1.165, 1.54) is 31.2 Å². The number of carbonyl (C=O) groups is 2. The lowest BCUT2D eigenvalue weighted by molar-refractivity contribution is -0.136. The molecule has 0 radical (unpaired) electrons. The summed E-state index contributed by atoms with van der Waals surface area (Å²) in [6.45, 7) is 1.38. The van der Waals surface area contributed by atoms with Crippen molar-refractivity contribution in [1.29, 1.82) is 0 Å². The minimum atomic E-state index is -1.51. The quantitative estimate of drug-likeness (QED) is 0.823. The molecule has 2 atom stereocenters. The van der Waals surface area contributed by atoms with E-state index in [-0.39, 0.29) is 11.3 Å². The molecule has 0 fully saturated rings. The Bertz CT molecular complexity index is 451. The SMILES string of the molecule is CC(C(=O)O)S(=O)Cc1ccc(C(=O)O)cc1. The Morgan fingerprint density at radius 3 is 2.18 bits per heavy atom. The molecule has 6 heteroatoms. The largest absolute Gasteiger partial charge is 0.480 e. The van der Waals surface area contributed by atoms with Gasteiger partial charge in [-0.25, -0.2) is 4.79 Å². The maximum Gasteiger partial charge on any atom is 0.335 e. The van der Waals surface area contributed by atoms with Crippen molar-refractivity contribution in [2.45, 2.75) is 17.9 Å². The summed E-state index contributed by atoms with van der Waals surface area (Å²) in [6.07, 6.45) is 0. The molecule has 0 aliphatic carbocycles. The Morgan fingerprint density at radius 2 is 1.76 bits per heavy atom. The molecule has 0 aromatic heterocycles. The molecule has 92 valence electrons. The standard InChI is InChI=1S/C11H12O5S/c1-7(10(12)13)17(16)6-8-2-4-9(5-3-8)11(14)15/h2-5,7H,6H2,1H3,(H,12,13)(H,14,15). The van der Waals surface area contributed by atoms with Crippen LogP contribution in [0.1, 0.15) is 22.8 Å². The molecular formula is C11H12O5S. The van der Waals surface area contributed by atoms with Crippen molar-refractivity contribution in [2.75, 3.05) is 0 Å². The summed E-state index contributed by atoms with van der Waals surface area (Å²) < 4.78 is 11.6. The number of carboxylic acid groups (broad SMARTS) is 2. The predicted molar refractivity (Wildman–Crippen MR) is 62.3 cm³/mol. The number of hydrogen-bond donors (Lipinski definition) is 2. The van der Waals surface area contributed by atoms with E-state index < -0.39 is 28.0 Å². The Morgan fingerprint density at radius 1 is 1.24 bits per heavy atom. The highest BCUT2D eigenvalue weighted by Crippen LogP contribution is 2.09. The maximum atomic E-state index is 11.6. The molecule has 0 amide bonds. The van der Waals surface area contributed by atoms with Crippen molar-refractivity contribution in [3.05, 3.63) is 35.4 Å². The van der Waals surface area contributed by atoms with Gasteiger partial charge in [0.05, 0.1) is 5.56 Å². The lowest BCUT2D eigenvalue weighted by atomic mass is 10.1. The highest BCUT2D eigenvalue weighted by molar-refractivity contribution is 7.85. The number of benzene rings is 1. The van der Waals surface area contributed by atoms with Crippen molar-refractivity contribution >= 4 is 22.7 Å². The van der Waals surface area contributed by atoms with Crippen molar-refractivity contribution in [2.24, 2.45) is 0 Å². The average Bonchev–Trinajstić information content (AvgIpc) is 2.28. The van der Waals surface area contributed by atoms with E-state index in [0.717, 1.165) is 0 Å². The van der Waals surface area contributed by atoms with Crippen LogP contribution in [0.2, 0.25) is 0 Å². The third-order valence-electron chi connectivity index (χ3n) is 2.25. The lowest BCUT2D eigenvalue weighted by Gasteiger charge is -2.06. The van der Waals surface area contributed by atoms with Crippen LogP contribution < -0.4 is 0 Å². The maximum absolute atomic E-state index is 11.6. The van der Waals surface area contributed by atoms with Gasteiger partial charge < -0.3 is 10.2 Å². The fourth-order valence-corrected chi connectivity index (χ4v) is 2.14. The van der Waals surface area contributed by atoms with E-state index in [1.807, 2.05) is 0 Å². The third kappa shape index (κ3) is 3.67. The molecule has 1 rings (SSSR count). The molecule has 2 N–H and O–H groups in total. The van der Waals surface area contributed by atoms with E-state index in [0.29, 0.717) is 5.56 Å². The molecule has 0 saturated heterocycles. The van der Waals surface area contributed by atoms with Gasteiger partial charge >= 0.3 is 11.9 Å². The van der Waals surface area contributed by atoms with Crippen molar-refractivity contribution in [3.8, 4) is 0 Å². The number of aliphatic carboxylic acids is 1. The van der Waals surface area contributed by atoms with Crippen LogP contribution in [0.4, 0.5) is 0 Å². The molecule has 0 aliphatic heterocycles. The zero-order valence-corrected chi connectivity index (χ0v) is 9.94. The van der Waals surface area contributed by atoms with Gasteiger partial charge in [0.2, 0.25) is 0 Å². The van der Waals surface area contributed by atoms with E-state index in [9.17, 15) is 13.8 Å². The van der Waals surface area contributed by atoms with Gasteiger partial charge in [0.25, 0.3) is 0 Å². The van der Waals surface area contributed by atoms with Crippen LogP contribution in [-0.4, -0.2) is 31.6 Å². The smallest absolute Gasteiger partial charge is 0.335 e. The van der Waals surface area contributed by atoms with Gasteiger partial charge in [-0.1, -0.05) is 12.1 Å². The molecule has 0 bridgehead atoms. The molecule has 1 aromatic rings. The van der Waals surface area contributed by atoms with E-state index in [4.69, 9.17) is 10.2 Å². The minimum Gasteiger partial charge on any atom is -0.480 e. The van der Waals surface area contributed by atoms with Crippen LogP contribution in [0.3, 0.4) is 0 Å². The fourth-order valence-electron chi connectivity index (χ4n) is 1.15. The van der Waals surface area contributed by atoms with Crippen LogP contribution in [0, 0.1) is 0 Å². The van der Waals surface area contributed by atoms with Crippen LogP contribution in [0.5, 0.6) is 0 Å². The Hall–Kier alpha value is -1.69. The van der Waals surface area contributed by atoms with Crippen molar-refractivity contribution in [1.82, 2.24) is 0 Å². The first kappa shape index (κ1) is 13.4. The summed E-state index contributed by atoms with van der Waals surface area (Å²) >= 11 is 0. The van der Waals surface area contributed by atoms with E-state index in [1.54, 1.807) is 0 Å². The molecule has 0 heterocycles. The first-order valence-corrected chi connectivity index (χ1v) is 6.22. The molecule has 2 unspecified atom stereocenters. The second-order valence-corrected chi connectivity index (χ2v) is 5.26. The molecular weight excluding hydrogens is 244 g/mol. The van der Waals surface area contributed by atoms with Gasteiger partial charge in [-0.2, -0.15) is 0 Å². The Kier molecular flexibility index (Phi) is 4.39. The van der Waals surface area contributed by atoms with Crippen LogP contribution in [0.15, 0.2) is 24.3 Å². The van der Waals surface area contributed by atoms with E-state index >= 15 is 0 Å². The van der Waals surface area contributed by atoms with Crippen LogP contribution in [0.25, 0.3) is 0 Å². The van der Waals surface area contributed by atoms with Crippen LogP contribution in [-0.2, 0) is 21.3 Å². The number of aromatic carboxylic acids is 1. The predicted octanol–water partition coefficient (Wildman–Crippen LogP) is 1.11. The monoisotopic (exact) mass is 256 g/mol. The van der Waals surface area contributed by atoms with Gasteiger partial charge in [0.15, 0.2) is 0 Å². The fraction of sp³-hybridized carbons (Fsp3) is 0.273. The summed E-state index contributed by atoms with van der Waals surface area (Å²) in [7, 11) is -1.51. The second-order valence-electron chi connectivity index (χ2n) is 3.51. The zero-order valence-electron chi connectivity index (χ0n) is 9.12. The summed E-state index contributed by atoms with van der Waals surface area (Å²) in [5.74, 6) is -2.03. The number of rotatable bonds is 5. The topological polar surface area (TPSA) is 91.7 Å².